The molecule has 0 radical (unpaired) electrons. The summed E-state index contributed by atoms with van der Waals surface area (Å²) in [5.74, 6) is -0.0889. The highest BCUT2D eigenvalue weighted by Gasteiger charge is 2.26. The molecule has 0 aromatic rings. The largest absolute Gasteiger partial charge is 0.446 e. The Bertz CT molecular complexity index is 117. The van der Waals surface area contributed by atoms with Crippen molar-refractivity contribution in [2.45, 2.75) is 32.4 Å². The van der Waals surface area contributed by atoms with Crippen molar-refractivity contribution in [2.24, 2.45) is 0 Å². The second-order valence-electron chi connectivity index (χ2n) is 2.49. The van der Waals surface area contributed by atoms with Gasteiger partial charge < -0.3 is 4.74 Å². The minimum Gasteiger partial charge on any atom is -0.446 e. The molecule has 1 atom stereocenters. The molecule has 0 aromatic carbocycles. The van der Waals surface area contributed by atoms with Crippen LogP contribution >= 0.6 is 0 Å². The van der Waals surface area contributed by atoms with E-state index >= 15 is 0 Å². The molecule has 1 N–H and O–H groups in total. The van der Waals surface area contributed by atoms with Crippen LogP contribution in [0.15, 0.2) is 0 Å². The number of hydrogen-bond acceptors (Lipinski definition) is 3. The number of ether oxygens (including phenoxy) is 1. The zero-order valence-electron chi connectivity index (χ0n) is 6.22. The lowest BCUT2D eigenvalue weighted by Crippen LogP contribution is -2.44. The number of rotatable bonds is 4. The van der Waals surface area contributed by atoms with Crippen molar-refractivity contribution in [3.63, 3.8) is 0 Å². The minimum absolute atomic E-state index is 0.0130. The van der Waals surface area contributed by atoms with E-state index in [0.717, 1.165) is 13.0 Å². The Morgan fingerprint density at radius 1 is 1.80 bits per heavy atom. The number of hydrogen-bond donors (Lipinski definition) is 1. The maximum atomic E-state index is 10.3. The number of unbranched alkanes of at least 4 members (excludes halogenated alkanes) is 1. The average molecular weight is 143 g/mol. The molecule has 0 spiro atoms. The van der Waals surface area contributed by atoms with Crippen molar-refractivity contribution >= 4 is 5.97 Å². The summed E-state index contributed by atoms with van der Waals surface area (Å²) in [6, 6.07) is 0. The van der Waals surface area contributed by atoms with Gasteiger partial charge >= 0.3 is 5.97 Å². The van der Waals surface area contributed by atoms with E-state index in [9.17, 15) is 4.79 Å². The SMILES string of the molecule is CCCCNC1CC(=O)O1. The third kappa shape index (κ3) is 1.99. The predicted octanol–water partition coefficient (Wildman–Crippen LogP) is 0.649. The smallest absolute Gasteiger partial charge is 0.312 e. The summed E-state index contributed by atoms with van der Waals surface area (Å²) in [5.41, 5.74) is 0. The first-order chi connectivity index (χ1) is 4.83. The molecule has 1 heterocycles. The standard InChI is InChI=1S/C7H13NO2/c1-2-3-4-8-6-5-7(9)10-6/h6,8H,2-5H2,1H3. The van der Waals surface area contributed by atoms with Gasteiger partial charge in [0.25, 0.3) is 0 Å². The van der Waals surface area contributed by atoms with Gasteiger partial charge in [0, 0.05) is 0 Å². The van der Waals surface area contributed by atoms with Gasteiger partial charge in [-0.25, -0.2) is 0 Å². The quantitative estimate of drug-likeness (QED) is 0.464. The number of cyclic esters (lactones) is 1. The van der Waals surface area contributed by atoms with Gasteiger partial charge in [0.1, 0.15) is 0 Å². The first-order valence-corrected chi connectivity index (χ1v) is 3.76. The van der Waals surface area contributed by atoms with Crippen LogP contribution in [0.3, 0.4) is 0 Å². The van der Waals surface area contributed by atoms with Crippen LogP contribution in [-0.2, 0) is 9.53 Å². The molecule has 0 amide bonds. The van der Waals surface area contributed by atoms with Gasteiger partial charge in [-0.15, -0.1) is 0 Å². The van der Waals surface area contributed by atoms with E-state index in [2.05, 4.69) is 12.2 Å². The molecule has 1 aliphatic rings. The van der Waals surface area contributed by atoms with Gasteiger partial charge in [-0.3, -0.25) is 10.1 Å². The lowest BCUT2D eigenvalue weighted by molar-refractivity contribution is -0.172. The summed E-state index contributed by atoms with van der Waals surface area (Å²) < 4.78 is 4.74. The topological polar surface area (TPSA) is 38.3 Å². The molecule has 10 heavy (non-hydrogen) atoms. The van der Waals surface area contributed by atoms with Crippen LogP contribution in [0.5, 0.6) is 0 Å². The molecule has 0 aliphatic carbocycles. The normalized spacial score (nSPS) is 23.7. The van der Waals surface area contributed by atoms with Gasteiger partial charge in [0.05, 0.1) is 6.42 Å². The lowest BCUT2D eigenvalue weighted by atomic mass is 10.2. The molecule has 1 unspecified atom stereocenters. The Hall–Kier alpha value is -0.570. The van der Waals surface area contributed by atoms with Gasteiger partial charge in [-0.05, 0) is 13.0 Å². The van der Waals surface area contributed by atoms with Crippen molar-refractivity contribution in [2.75, 3.05) is 6.54 Å². The summed E-state index contributed by atoms with van der Waals surface area (Å²) in [6.07, 6.45) is 2.88. The van der Waals surface area contributed by atoms with Crippen molar-refractivity contribution in [1.82, 2.24) is 5.32 Å². The number of carbonyl (C=O) groups is 1. The van der Waals surface area contributed by atoms with Crippen molar-refractivity contribution < 1.29 is 9.53 Å². The maximum Gasteiger partial charge on any atom is 0.312 e. The molecule has 1 fully saturated rings. The maximum absolute atomic E-state index is 10.3. The number of esters is 1. The van der Waals surface area contributed by atoms with Gasteiger partial charge in [-0.2, -0.15) is 0 Å². The zero-order valence-corrected chi connectivity index (χ0v) is 6.22. The fourth-order valence-corrected chi connectivity index (χ4v) is 0.854. The van der Waals surface area contributed by atoms with Gasteiger partial charge in [-0.1, -0.05) is 13.3 Å². The summed E-state index contributed by atoms with van der Waals surface area (Å²) >= 11 is 0. The van der Waals surface area contributed by atoms with E-state index in [-0.39, 0.29) is 12.2 Å². The van der Waals surface area contributed by atoms with Crippen molar-refractivity contribution in [3.8, 4) is 0 Å². The fourth-order valence-electron chi connectivity index (χ4n) is 0.854. The Kier molecular flexibility index (Phi) is 2.68. The third-order valence-electron chi connectivity index (χ3n) is 1.53. The second kappa shape index (κ2) is 3.56. The molecule has 58 valence electrons. The van der Waals surface area contributed by atoms with Crippen LogP contribution in [0.25, 0.3) is 0 Å². The Morgan fingerprint density at radius 2 is 2.50 bits per heavy atom. The van der Waals surface area contributed by atoms with Gasteiger partial charge in [0.15, 0.2) is 6.23 Å². The molecule has 3 nitrogen and oxygen atoms in total. The van der Waals surface area contributed by atoms with Crippen LogP contribution in [0.4, 0.5) is 0 Å². The Balaban J connectivity index is 1.90. The fraction of sp³-hybridized carbons (Fsp3) is 0.857. The van der Waals surface area contributed by atoms with E-state index in [1.807, 2.05) is 0 Å². The first-order valence-electron chi connectivity index (χ1n) is 3.76. The van der Waals surface area contributed by atoms with Crippen LogP contribution < -0.4 is 5.32 Å². The van der Waals surface area contributed by atoms with Crippen LogP contribution in [0.2, 0.25) is 0 Å². The molecular formula is C7H13NO2. The van der Waals surface area contributed by atoms with E-state index in [1.54, 1.807) is 0 Å². The van der Waals surface area contributed by atoms with Crippen LogP contribution in [0, 0.1) is 0 Å². The van der Waals surface area contributed by atoms with Gasteiger partial charge in [0.2, 0.25) is 0 Å². The molecule has 1 aliphatic heterocycles. The molecule has 1 rings (SSSR count). The number of nitrogens with one attached hydrogen (secondary N) is 1. The van der Waals surface area contributed by atoms with Crippen molar-refractivity contribution in [1.29, 1.82) is 0 Å². The highest BCUT2D eigenvalue weighted by Crippen LogP contribution is 2.09. The van der Waals surface area contributed by atoms with E-state index < -0.39 is 0 Å². The first kappa shape index (κ1) is 7.54. The lowest BCUT2D eigenvalue weighted by Gasteiger charge is -2.26. The monoisotopic (exact) mass is 143 g/mol. The molecule has 0 bridgehead atoms. The molecule has 0 saturated carbocycles. The summed E-state index contributed by atoms with van der Waals surface area (Å²) in [7, 11) is 0. The third-order valence-corrected chi connectivity index (χ3v) is 1.53. The summed E-state index contributed by atoms with van der Waals surface area (Å²) in [6.45, 7) is 3.09. The van der Waals surface area contributed by atoms with E-state index in [1.165, 1.54) is 6.42 Å². The van der Waals surface area contributed by atoms with Crippen LogP contribution in [0.1, 0.15) is 26.2 Å². The molecule has 0 aromatic heterocycles. The molecular weight excluding hydrogens is 130 g/mol. The zero-order chi connectivity index (χ0) is 7.40. The van der Waals surface area contributed by atoms with Crippen LogP contribution in [-0.4, -0.2) is 18.7 Å². The highest BCUT2D eigenvalue weighted by atomic mass is 16.6. The molecule has 3 heteroatoms. The number of carbonyl (C=O) groups excluding carboxylic acids is 1. The van der Waals surface area contributed by atoms with Crippen molar-refractivity contribution in [3.05, 3.63) is 0 Å². The Labute approximate surface area is 60.7 Å². The minimum atomic E-state index is -0.0889. The summed E-state index contributed by atoms with van der Waals surface area (Å²) in [4.78, 5) is 10.3. The average Bonchev–Trinajstić information content (AvgIpc) is 1.85. The Morgan fingerprint density at radius 3 is 3.00 bits per heavy atom. The second-order valence-corrected chi connectivity index (χ2v) is 2.49. The van der Waals surface area contributed by atoms with E-state index in [4.69, 9.17) is 4.74 Å². The summed E-state index contributed by atoms with van der Waals surface area (Å²) in [5, 5.41) is 3.11. The highest BCUT2D eigenvalue weighted by molar-refractivity contribution is 5.74. The molecule has 1 saturated heterocycles. The van der Waals surface area contributed by atoms with E-state index in [0.29, 0.717) is 6.42 Å². The predicted molar refractivity (Wildman–Crippen MR) is 37.4 cm³/mol.